The van der Waals surface area contributed by atoms with Gasteiger partial charge in [-0.25, -0.2) is 4.79 Å². The van der Waals surface area contributed by atoms with Crippen molar-refractivity contribution in [1.29, 1.82) is 0 Å². The first-order chi connectivity index (χ1) is 15.7. The monoisotopic (exact) mass is 489 g/mol. The predicted molar refractivity (Wildman–Crippen MR) is 127 cm³/mol. The van der Waals surface area contributed by atoms with Crippen molar-refractivity contribution < 1.29 is 29.0 Å². The molecule has 0 aliphatic carbocycles. The third-order valence-electron chi connectivity index (χ3n) is 4.86. The number of nitrogens with two attached hydrogens (primary N) is 1. The molecule has 2 aromatic carbocycles. The third-order valence-corrected chi connectivity index (χ3v) is 6.21. The molecule has 0 spiro atoms. The van der Waals surface area contributed by atoms with Crippen molar-refractivity contribution >= 4 is 47.4 Å². The van der Waals surface area contributed by atoms with Crippen molar-refractivity contribution in [2.75, 3.05) is 5.75 Å². The van der Waals surface area contributed by atoms with Gasteiger partial charge in [0, 0.05) is 5.75 Å². The van der Waals surface area contributed by atoms with E-state index in [-0.39, 0.29) is 23.3 Å². The number of hydrogen-bond acceptors (Lipinski definition) is 8. The van der Waals surface area contributed by atoms with E-state index in [4.69, 9.17) is 15.6 Å². The first-order valence-corrected chi connectivity index (χ1v) is 11.5. The average Bonchev–Trinajstić information content (AvgIpc) is 3.10. The number of benzene rings is 2. The second kappa shape index (κ2) is 11.2. The maximum absolute atomic E-state index is 12.1. The molecular formula is C22H23N3O6S2. The lowest BCUT2D eigenvalue weighted by Crippen LogP contribution is -2.50. The molecule has 33 heavy (non-hydrogen) atoms. The molecule has 1 heterocycles. The summed E-state index contributed by atoms with van der Waals surface area (Å²) in [5.74, 6) is -0.843. The Morgan fingerprint density at radius 1 is 1.09 bits per heavy atom. The number of hydrogen-bond donors (Lipinski definition) is 5. The molecule has 2 aromatic rings. The normalized spacial score (nSPS) is 17.2. The van der Waals surface area contributed by atoms with Crippen molar-refractivity contribution in [1.82, 2.24) is 10.6 Å². The molecule has 1 fully saturated rings. The highest BCUT2D eigenvalue weighted by Gasteiger charge is 2.31. The zero-order valence-electron chi connectivity index (χ0n) is 17.4. The summed E-state index contributed by atoms with van der Waals surface area (Å²) in [4.78, 5) is 46.1. The summed E-state index contributed by atoms with van der Waals surface area (Å²) in [6, 6.07) is 12.3. The minimum absolute atomic E-state index is 0.0324. The van der Waals surface area contributed by atoms with Crippen LogP contribution in [0.1, 0.15) is 11.1 Å². The molecule has 3 amide bonds. The van der Waals surface area contributed by atoms with Gasteiger partial charge in [0.1, 0.15) is 17.5 Å². The average molecular weight is 490 g/mol. The van der Waals surface area contributed by atoms with Crippen LogP contribution in [0.5, 0.6) is 11.5 Å². The van der Waals surface area contributed by atoms with Gasteiger partial charge in [-0.1, -0.05) is 36.0 Å². The van der Waals surface area contributed by atoms with Crippen LogP contribution < -0.4 is 21.1 Å². The lowest BCUT2D eigenvalue weighted by Gasteiger charge is -2.16. The Morgan fingerprint density at radius 3 is 2.15 bits per heavy atom. The molecule has 0 aromatic heterocycles. The van der Waals surface area contributed by atoms with Gasteiger partial charge in [-0.05, 0) is 48.2 Å². The van der Waals surface area contributed by atoms with Gasteiger partial charge in [-0.15, -0.1) is 0 Å². The molecule has 3 unspecified atom stereocenters. The minimum atomic E-state index is -1.17. The van der Waals surface area contributed by atoms with Gasteiger partial charge < -0.3 is 20.9 Å². The van der Waals surface area contributed by atoms with E-state index in [1.54, 1.807) is 36.4 Å². The molecule has 1 saturated heterocycles. The van der Waals surface area contributed by atoms with Gasteiger partial charge >= 0.3 is 5.97 Å². The standard InChI is InChI=1S/C22H23N3O6S2/c23-16(19(26)24-17(11-32)21(28)29)9-12-1-5-14(6-2-12)31-15-7-3-13(4-8-15)10-18-20(27)25-22(30)33-18/h1-8,16-18,32H,9-11,23H2,(H,24,26)(H,28,29)(H,25,27,30). The fourth-order valence-corrected chi connectivity index (χ4v) is 4.18. The first kappa shape index (κ1) is 24.6. The van der Waals surface area contributed by atoms with Gasteiger partial charge in [-0.2, -0.15) is 12.6 Å². The molecule has 3 rings (SSSR count). The number of rotatable bonds is 10. The van der Waals surface area contributed by atoms with E-state index >= 15 is 0 Å². The molecule has 5 N–H and O–H groups in total. The zero-order valence-corrected chi connectivity index (χ0v) is 19.1. The fraction of sp³-hybridized carbons (Fsp3) is 0.273. The van der Waals surface area contributed by atoms with Gasteiger partial charge in [0.2, 0.25) is 11.8 Å². The largest absolute Gasteiger partial charge is 0.480 e. The second-order valence-electron chi connectivity index (χ2n) is 7.37. The van der Waals surface area contributed by atoms with Crippen molar-refractivity contribution in [3.05, 3.63) is 59.7 Å². The lowest BCUT2D eigenvalue weighted by atomic mass is 10.1. The van der Waals surface area contributed by atoms with Crippen LogP contribution in [0.3, 0.4) is 0 Å². The van der Waals surface area contributed by atoms with Gasteiger partial charge in [0.05, 0.1) is 11.3 Å². The Balaban J connectivity index is 1.52. The quantitative estimate of drug-likeness (QED) is 0.317. The number of carbonyl (C=O) groups is 4. The van der Waals surface area contributed by atoms with E-state index in [1.807, 2.05) is 12.1 Å². The molecule has 9 nitrogen and oxygen atoms in total. The van der Waals surface area contributed by atoms with Crippen LogP contribution in [0.15, 0.2) is 48.5 Å². The molecule has 0 saturated carbocycles. The van der Waals surface area contributed by atoms with E-state index in [2.05, 4.69) is 23.3 Å². The topological polar surface area (TPSA) is 148 Å². The predicted octanol–water partition coefficient (Wildman–Crippen LogP) is 1.74. The number of carboxylic acid groups (broad SMARTS) is 1. The highest BCUT2D eigenvalue weighted by atomic mass is 32.2. The SMILES string of the molecule is NC(Cc1ccc(Oc2ccc(CC3SC(=O)NC3=O)cc2)cc1)C(=O)NC(CS)C(=O)O. The van der Waals surface area contributed by atoms with E-state index in [0.29, 0.717) is 17.9 Å². The van der Waals surface area contributed by atoms with Crippen molar-refractivity contribution in [3.8, 4) is 11.5 Å². The Morgan fingerprint density at radius 2 is 1.67 bits per heavy atom. The number of amides is 3. The molecule has 11 heteroatoms. The number of thiol groups is 1. The van der Waals surface area contributed by atoms with Crippen LogP contribution in [-0.2, 0) is 27.2 Å². The summed E-state index contributed by atoms with van der Waals surface area (Å²) in [5, 5.41) is 12.9. The minimum Gasteiger partial charge on any atom is -0.480 e. The zero-order chi connectivity index (χ0) is 24.0. The van der Waals surface area contributed by atoms with Crippen LogP contribution >= 0.6 is 24.4 Å². The summed E-state index contributed by atoms with van der Waals surface area (Å²) >= 11 is 4.90. The van der Waals surface area contributed by atoms with E-state index in [1.165, 1.54) is 0 Å². The summed E-state index contributed by atoms with van der Waals surface area (Å²) < 4.78 is 5.82. The third kappa shape index (κ3) is 6.98. The van der Waals surface area contributed by atoms with Crippen LogP contribution in [0.25, 0.3) is 0 Å². The van der Waals surface area contributed by atoms with Gasteiger partial charge in [-0.3, -0.25) is 19.7 Å². The first-order valence-electron chi connectivity index (χ1n) is 10.0. The number of carboxylic acids is 1. The number of thioether (sulfide) groups is 1. The van der Waals surface area contributed by atoms with Crippen molar-refractivity contribution in [2.45, 2.75) is 30.2 Å². The Hall–Kier alpha value is -3.02. The van der Waals surface area contributed by atoms with E-state index in [0.717, 1.165) is 22.9 Å². The molecule has 0 radical (unpaired) electrons. The number of imide groups is 1. The lowest BCUT2D eigenvalue weighted by molar-refractivity contribution is -0.141. The number of nitrogens with one attached hydrogen (secondary N) is 2. The summed E-state index contributed by atoms with van der Waals surface area (Å²) in [7, 11) is 0. The van der Waals surface area contributed by atoms with Crippen LogP contribution in [0, 0.1) is 0 Å². The molecular weight excluding hydrogens is 466 g/mol. The Labute approximate surface area is 199 Å². The summed E-state index contributed by atoms with van der Waals surface area (Å²) in [6.07, 6.45) is 0.682. The van der Waals surface area contributed by atoms with Crippen molar-refractivity contribution in [3.63, 3.8) is 0 Å². The maximum atomic E-state index is 12.1. The Bertz CT molecular complexity index is 1030. The maximum Gasteiger partial charge on any atom is 0.327 e. The van der Waals surface area contributed by atoms with E-state index < -0.39 is 29.2 Å². The second-order valence-corrected chi connectivity index (χ2v) is 8.91. The smallest absolute Gasteiger partial charge is 0.327 e. The van der Waals surface area contributed by atoms with Gasteiger partial charge in [0.25, 0.3) is 5.24 Å². The molecule has 3 atom stereocenters. The molecule has 1 aliphatic rings. The van der Waals surface area contributed by atoms with Crippen LogP contribution in [0.2, 0.25) is 0 Å². The highest BCUT2D eigenvalue weighted by Crippen LogP contribution is 2.26. The highest BCUT2D eigenvalue weighted by molar-refractivity contribution is 8.15. The van der Waals surface area contributed by atoms with Gasteiger partial charge in [0.15, 0.2) is 0 Å². The number of ether oxygens (including phenoxy) is 1. The summed E-state index contributed by atoms with van der Waals surface area (Å²) in [5.41, 5.74) is 7.60. The van der Waals surface area contributed by atoms with E-state index in [9.17, 15) is 19.2 Å². The molecule has 1 aliphatic heterocycles. The molecule has 174 valence electrons. The van der Waals surface area contributed by atoms with Crippen LogP contribution in [-0.4, -0.2) is 51.2 Å². The van der Waals surface area contributed by atoms with Crippen LogP contribution in [0.4, 0.5) is 4.79 Å². The van der Waals surface area contributed by atoms with Crippen molar-refractivity contribution in [2.24, 2.45) is 5.73 Å². The number of carbonyl (C=O) groups excluding carboxylic acids is 3. The molecule has 0 bridgehead atoms. The fourth-order valence-electron chi connectivity index (χ4n) is 3.08. The summed E-state index contributed by atoms with van der Waals surface area (Å²) in [6.45, 7) is 0. The number of aliphatic carboxylic acids is 1. The Kier molecular flexibility index (Phi) is 8.37.